The first-order valence-electron chi connectivity index (χ1n) is 10.4. The van der Waals surface area contributed by atoms with E-state index in [1.54, 1.807) is 0 Å². The van der Waals surface area contributed by atoms with Crippen molar-refractivity contribution in [2.75, 3.05) is 38.1 Å². The van der Waals surface area contributed by atoms with E-state index in [1.807, 2.05) is 60.0 Å². The predicted octanol–water partition coefficient (Wildman–Crippen LogP) is 5.43. The van der Waals surface area contributed by atoms with Crippen molar-refractivity contribution in [2.45, 2.75) is 6.92 Å². The normalized spacial score (nSPS) is 15.0. The zero-order chi connectivity index (χ0) is 21.5. The Morgan fingerprint density at radius 2 is 1.61 bits per heavy atom. The number of piperazine rings is 1. The molecule has 2 aromatic heterocycles. The molecule has 5 nitrogen and oxygen atoms in total. The number of hydrogen-bond donors (Lipinski definition) is 0. The van der Waals surface area contributed by atoms with Crippen LogP contribution in [0.3, 0.4) is 0 Å². The van der Waals surface area contributed by atoms with Gasteiger partial charge in [0.25, 0.3) is 0 Å². The molecule has 0 spiro atoms. The van der Waals surface area contributed by atoms with Gasteiger partial charge in [0, 0.05) is 48.5 Å². The van der Waals surface area contributed by atoms with Crippen LogP contribution in [-0.4, -0.2) is 52.7 Å². The monoisotopic (exact) mass is 451 g/mol. The molecule has 0 atom stereocenters. The third-order valence-corrected chi connectivity index (χ3v) is 6.37. The van der Waals surface area contributed by atoms with Crippen molar-refractivity contribution in [1.29, 1.82) is 0 Å². The second kappa shape index (κ2) is 8.15. The minimum absolute atomic E-state index is 0.666. The summed E-state index contributed by atoms with van der Waals surface area (Å²) in [6, 6.07) is 17.8. The van der Waals surface area contributed by atoms with Crippen LogP contribution in [0.4, 0.5) is 5.82 Å². The van der Waals surface area contributed by atoms with Crippen molar-refractivity contribution in [2.24, 2.45) is 0 Å². The van der Waals surface area contributed by atoms with Crippen LogP contribution in [0.25, 0.3) is 28.0 Å². The molecule has 0 bridgehead atoms. The molecule has 1 fully saturated rings. The molecular weight excluding hydrogens is 429 g/mol. The van der Waals surface area contributed by atoms with Crippen LogP contribution < -0.4 is 4.90 Å². The van der Waals surface area contributed by atoms with Crippen LogP contribution in [-0.2, 0) is 0 Å². The van der Waals surface area contributed by atoms with E-state index in [-0.39, 0.29) is 0 Å². The lowest BCUT2D eigenvalue weighted by atomic mass is 10.0. The van der Waals surface area contributed by atoms with Crippen molar-refractivity contribution >= 4 is 34.7 Å². The number of rotatable bonds is 3. The first-order valence-corrected chi connectivity index (χ1v) is 11.1. The van der Waals surface area contributed by atoms with E-state index in [0.717, 1.165) is 65.7 Å². The maximum absolute atomic E-state index is 6.60. The Bertz CT molecular complexity index is 1240. The second-order valence-corrected chi connectivity index (χ2v) is 8.84. The van der Waals surface area contributed by atoms with Gasteiger partial charge in [-0.25, -0.2) is 4.98 Å². The van der Waals surface area contributed by atoms with Gasteiger partial charge < -0.3 is 9.80 Å². The van der Waals surface area contributed by atoms with E-state index in [4.69, 9.17) is 33.3 Å². The molecule has 2 aromatic carbocycles. The Morgan fingerprint density at radius 1 is 0.903 bits per heavy atom. The Balaban J connectivity index is 1.79. The number of likely N-dealkylation sites (N-methyl/N-ethyl adjacent to an activating group) is 1. The highest BCUT2D eigenvalue weighted by Crippen LogP contribution is 2.39. The zero-order valence-corrected chi connectivity index (χ0v) is 19.0. The summed E-state index contributed by atoms with van der Waals surface area (Å²) in [7, 11) is 2.16. The van der Waals surface area contributed by atoms with Crippen LogP contribution in [0.5, 0.6) is 0 Å². The van der Waals surface area contributed by atoms with E-state index < -0.39 is 0 Å². The third kappa shape index (κ3) is 3.78. The molecule has 0 amide bonds. The predicted molar refractivity (Wildman–Crippen MR) is 128 cm³/mol. The van der Waals surface area contributed by atoms with Crippen molar-refractivity contribution in [3.63, 3.8) is 0 Å². The molecule has 0 aliphatic carbocycles. The molecule has 1 saturated heterocycles. The minimum Gasteiger partial charge on any atom is -0.354 e. The number of aromatic nitrogens is 3. The zero-order valence-electron chi connectivity index (χ0n) is 17.5. The molecule has 3 heterocycles. The second-order valence-electron chi connectivity index (χ2n) is 7.99. The van der Waals surface area contributed by atoms with Crippen LogP contribution in [0.1, 0.15) is 5.69 Å². The van der Waals surface area contributed by atoms with Gasteiger partial charge in [-0.2, -0.15) is 9.61 Å². The van der Waals surface area contributed by atoms with E-state index in [2.05, 4.69) is 22.9 Å². The summed E-state index contributed by atoms with van der Waals surface area (Å²) in [6.07, 6.45) is 0. The van der Waals surface area contributed by atoms with Crippen molar-refractivity contribution < 1.29 is 0 Å². The summed E-state index contributed by atoms with van der Waals surface area (Å²) in [5.41, 5.74) is 5.47. The molecule has 7 heteroatoms. The van der Waals surface area contributed by atoms with Gasteiger partial charge >= 0.3 is 0 Å². The standard InChI is InChI=1S/C24H23Cl2N5/c1-16-15-21(30-13-11-29(2)12-14-30)31-24(27-16)22(17-7-9-18(25)10-8-17)23(28-31)19-5-3-4-6-20(19)26/h3-10,15H,11-14H2,1-2H3. The molecule has 5 rings (SSSR count). The number of fused-ring (bicyclic) bond motifs is 1. The van der Waals surface area contributed by atoms with Gasteiger partial charge in [-0.15, -0.1) is 0 Å². The minimum atomic E-state index is 0.666. The number of anilines is 1. The molecule has 0 unspecified atom stereocenters. The molecule has 0 N–H and O–H groups in total. The number of halogens is 2. The van der Waals surface area contributed by atoms with Gasteiger partial charge in [0.05, 0.1) is 10.6 Å². The van der Waals surface area contributed by atoms with Gasteiger partial charge in [-0.05, 0) is 37.7 Å². The largest absolute Gasteiger partial charge is 0.354 e. The molecule has 1 aliphatic rings. The molecular formula is C24H23Cl2N5. The highest BCUT2D eigenvalue weighted by atomic mass is 35.5. The SMILES string of the molecule is Cc1cc(N2CCN(C)CC2)n2nc(-c3ccccc3Cl)c(-c3ccc(Cl)cc3)c2n1. The van der Waals surface area contributed by atoms with Gasteiger partial charge in [0.1, 0.15) is 11.5 Å². The van der Waals surface area contributed by atoms with Gasteiger partial charge in [-0.1, -0.05) is 53.5 Å². The maximum atomic E-state index is 6.60. The van der Waals surface area contributed by atoms with Crippen molar-refractivity contribution in [1.82, 2.24) is 19.5 Å². The van der Waals surface area contributed by atoms with E-state index in [0.29, 0.717) is 10.0 Å². The summed E-state index contributed by atoms with van der Waals surface area (Å²) in [5.74, 6) is 1.06. The number of benzene rings is 2. The summed E-state index contributed by atoms with van der Waals surface area (Å²) in [6.45, 7) is 5.98. The first-order chi connectivity index (χ1) is 15.0. The molecule has 4 aromatic rings. The van der Waals surface area contributed by atoms with E-state index >= 15 is 0 Å². The molecule has 1 aliphatic heterocycles. The topological polar surface area (TPSA) is 36.7 Å². The number of aryl methyl sites for hydroxylation is 1. The van der Waals surface area contributed by atoms with E-state index in [9.17, 15) is 0 Å². The number of nitrogens with zero attached hydrogens (tertiary/aromatic N) is 5. The van der Waals surface area contributed by atoms with Crippen molar-refractivity contribution in [3.8, 4) is 22.4 Å². The van der Waals surface area contributed by atoms with Crippen molar-refractivity contribution in [3.05, 3.63) is 70.3 Å². The fraction of sp³-hybridized carbons (Fsp3) is 0.250. The fourth-order valence-electron chi connectivity index (χ4n) is 4.10. The summed E-state index contributed by atoms with van der Waals surface area (Å²) in [4.78, 5) is 9.64. The van der Waals surface area contributed by atoms with Gasteiger partial charge in [0.2, 0.25) is 0 Å². The van der Waals surface area contributed by atoms with Gasteiger partial charge in [-0.3, -0.25) is 0 Å². The molecule has 0 radical (unpaired) electrons. The third-order valence-electron chi connectivity index (χ3n) is 5.79. The van der Waals surface area contributed by atoms with Crippen LogP contribution in [0.2, 0.25) is 10.0 Å². The highest BCUT2D eigenvalue weighted by molar-refractivity contribution is 6.33. The highest BCUT2D eigenvalue weighted by Gasteiger charge is 2.24. The van der Waals surface area contributed by atoms with E-state index in [1.165, 1.54) is 0 Å². The summed E-state index contributed by atoms with van der Waals surface area (Å²) >= 11 is 12.8. The Hall–Kier alpha value is -2.60. The fourth-order valence-corrected chi connectivity index (χ4v) is 4.46. The summed E-state index contributed by atoms with van der Waals surface area (Å²) < 4.78 is 1.97. The first kappa shape index (κ1) is 20.3. The lowest BCUT2D eigenvalue weighted by Gasteiger charge is -2.34. The molecule has 158 valence electrons. The maximum Gasteiger partial charge on any atom is 0.166 e. The molecule has 0 saturated carbocycles. The Morgan fingerprint density at radius 3 is 2.32 bits per heavy atom. The lowest BCUT2D eigenvalue weighted by molar-refractivity contribution is 0.311. The van der Waals surface area contributed by atoms with Crippen LogP contribution >= 0.6 is 23.2 Å². The van der Waals surface area contributed by atoms with Gasteiger partial charge in [0.15, 0.2) is 5.65 Å². The molecule has 31 heavy (non-hydrogen) atoms. The van der Waals surface area contributed by atoms with Crippen LogP contribution in [0.15, 0.2) is 54.6 Å². The average Bonchev–Trinajstić information content (AvgIpc) is 3.13. The smallest absolute Gasteiger partial charge is 0.166 e. The Kier molecular flexibility index (Phi) is 5.34. The van der Waals surface area contributed by atoms with Crippen LogP contribution in [0, 0.1) is 6.92 Å². The summed E-state index contributed by atoms with van der Waals surface area (Å²) in [5, 5.41) is 6.42. The average molecular weight is 452 g/mol. The quantitative estimate of drug-likeness (QED) is 0.416. The Labute approximate surface area is 191 Å². The lowest BCUT2D eigenvalue weighted by Crippen LogP contribution is -2.45. The number of hydrogen-bond acceptors (Lipinski definition) is 4.